The zero-order chi connectivity index (χ0) is 16.1. The number of fused-ring (bicyclic) bond motifs is 1. The van der Waals surface area contributed by atoms with Gasteiger partial charge in [0, 0.05) is 36.7 Å². The lowest BCUT2D eigenvalue weighted by Gasteiger charge is -2.24. The summed E-state index contributed by atoms with van der Waals surface area (Å²) in [4.78, 5) is 7.76. The SMILES string of the molecule is CN=C(NCCc1c[nH]c2c(C)cccc12)NC1CCCCC1. The van der Waals surface area contributed by atoms with Gasteiger partial charge in [0.25, 0.3) is 0 Å². The summed E-state index contributed by atoms with van der Waals surface area (Å²) >= 11 is 0. The quantitative estimate of drug-likeness (QED) is 0.598. The Hall–Kier alpha value is -1.97. The molecule has 1 aliphatic rings. The van der Waals surface area contributed by atoms with Crippen LogP contribution in [0.15, 0.2) is 29.4 Å². The molecule has 3 N–H and O–H groups in total. The van der Waals surface area contributed by atoms with Crippen molar-refractivity contribution in [3.05, 3.63) is 35.5 Å². The van der Waals surface area contributed by atoms with Crippen molar-refractivity contribution in [2.45, 2.75) is 51.5 Å². The average Bonchev–Trinajstić information content (AvgIpc) is 2.99. The fraction of sp³-hybridized carbons (Fsp3) is 0.526. The Morgan fingerprint density at radius 2 is 2.09 bits per heavy atom. The second-order valence-electron chi connectivity index (χ2n) is 6.54. The summed E-state index contributed by atoms with van der Waals surface area (Å²) in [7, 11) is 1.85. The van der Waals surface area contributed by atoms with Crippen LogP contribution in [0, 0.1) is 6.92 Å². The predicted molar refractivity (Wildman–Crippen MR) is 98.1 cm³/mol. The van der Waals surface area contributed by atoms with Crippen molar-refractivity contribution < 1.29 is 0 Å². The summed E-state index contributed by atoms with van der Waals surface area (Å²) in [6.45, 7) is 3.05. The van der Waals surface area contributed by atoms with Crippen LogP contribution >= 0.6 is 0 Å². The molecule has 124 valence electrons. The first-order chi connectivity index (χ1) is 11.3. The maximum absolute atomic E-state index is 4.36. The highest BCUT2D eigenvalue weighted by molar-refractivity contribution is 5.86. The van der Waals surface area contributed by atoms with E-state index in [1.54, 1.807) is 0 Å². The number of aromatic nitrogens is 1. The number of hydrogen-bond acceptors (Lipinski definition) is 1. The normalized spacial score (nSPS) is 16.7. The third-order valence-electron chi connectivity index (χ3n) is 4.87. The molecule has 0 radical (unpaired) electrons. The number of benzene rings is 1. The molecule has 1 aromatic carbocycles. The van der Waals surface area contributed by atoms with Crippen molar-refractivity contribution in [3.63, 3.8) is 0 Å². The van der Waals surface area contributed by atoms with Gasteiger partial charge in [0.15, 0.2) is 5.96 Å². The molecule has 1 aromatic heterocycles. The molecule has 1 saturated carbocycles. The molecule has 1 heterocycles. The van der Waals surface area contributed by atoms with Crippen LogP contribution in [0.3, 0.4) is 0 Å². The third-order valence-corrected chi connectivity index (χ3v) is 4.87. The van der Waals surface area contributed by atoms with E-state index in [4.69, 9.17) is 0 Å². The number of aromatic amines is 1. The number of guanidine groups is 1. The molecule has 0 amide bonds. The maximum Gasteiger partial charge on any atom is 0.191 e. The molecule has 1 aliphatic carbocycles. The van der Waals surface area contributed by atoms with E-state index in [2.05, 4.69) is 51.9 Å². The van der Waals surface area contributed by atoms with E-state index in [9.17, 15) is 0 Å². The molecule has 2 aromatic rings. The number of aryl methyl sites for hydroxylation is 1. The lowest BCUT2D eigenvalue weighted by molar-refractivity contribution is 0.410. The second-order valence-corrected chi connectivity index (χ2v) is 6.54. The van der Waals surface area contributed by atoms with E-state index < -0.39 is 0 Å². The third kappa shape index (κ3) is 3.87. The molecule has 3 rings (SSSR count). The standard InChI is InChI=1S/C19H28N4/c1-14-7-6-10-17-15(13-22-18(14)17)11-12-21-19(20-2)23-16-8-4-3-5-9-16/h6-7,10,13,16,22H,3-5,8-9,11-12H2,1-2H3,(H2,20,21,23). The van der Waals surface area contributed by atoms with Gasteiger partial charge in [0.2, 0.25) is 0 Å². The molecule has 0 spiro atoms. The van der Waals surface area contributed by atoms with E-state index in [0.29, 0.717) is 6.04 Å². The number of aliphatic imine (C=N–C) groups is 1. The monoisotopic (exact) mass is 312 g/mol. The molecule has 4 heteroatoms. The molecule has 4 nitrogen and oxygen atoms in total. The molecule has 0 unspecified atom stereocenters. The molecule has 1 fully saturated rings. The highest BCUT2D eigenvalue weighted by Crippen LogP contribution is 2.21. The summed E-state index contributed by atoms with van der Waals surface area (Å²) in [5, 5.41) is 8.36. The van der Waals surface area contributed by atoms with Gasteiger partial charge in [0.1, 0.15) is 0 Å². The predicted octanol–water partition coefficient (Wildman–Crippen LogP) is 3.52. The van der Waals surface area contributed by atoms with Crippen LogP contribution in [0.4, 0.5) is 0 Å². The smallest absolute Gasteiger partial charge is 0.191 e. The number of nitrogens with one attached hydrogen (secondary N) is 3. The van der Waals surface area contributed by atoms with Crippen LogP contribution in [0.1, 0.15) is 43.2 Å². The van der Waals surface area contributed by atoms with Gasteiger partial charge in [-0.25, -0.2) is 0 Å². The minimum Gasteiger partial charge on any atom is -0.361 e. The Kier molecular flexibility index (Phi) is 5.21. The fourth-order valence-corrected chi connectivity index (χ4v) is 3.52. The largest absolute Gasteiger partial charge is 0.361 e. The van der Waals surface area contributed by atoms with Crippen LogP contribution in [-0.4, -0.2) is 30.6 Å². The fourth-order valence-electron chi connectivity index (χ4n) is 3.52. The number of para-hydroxylation sites is 1. The average molecular weight is 312 g/mol. The van der Waals surface area contributed by atoms with Crippen molar-refractivity contribution in [1.82, 2.24) is 15.6 Å². The highest BCUT2D eigenvalue weighted by Gasteiger charge is 2.14. The molecular formula is C19H28N4. The van der Waals surface area contributed by atoms with Crippen LogP contribution in [0.25, 0.3) is 10.9 Å². The van der Waals surface area contributed by atoms with Gasteiger partial charge in [-0.15, -0.1) is 0 Å². The van der Waals surface area contributed by atoms with E-state index >= 15 is 0 Å². The van der Waals surface area contributed by atoms with Gasteiger partial charge < -0.3 is 15.6 Å². The van der Waals surface area contributed by atoms with E-state index in [0.717, 1.165) is 18.9 Å². The minimum absolute atomic E-state index is 0.589. The van der Waals surface area contributed by atoms with Crippen molar-refractivity contribution >= 4 is 16.9 Å². The van der Waals surface area contributed by atoms with Crippen molar-refractivity contribution in [3.8, 4) is 0 Å². The summed E-state index contributed by atoms with van der Waals surface area (Å²) < 4.78 is 0. The van der Waals surface area contributed by atoms with Crippen molar-refractivity contribution in [2.75, 3.05) is 13.6 Å². The summed E-state index contributed by atoms with van der Waals surface area (Å²) in [6, 6.07) is 7.07. The van der Waals surface area contributed by atoms with Crippen LogP contribution in [-0.2, 0) is 6.42 Å². The molecule has 0 aliphatic heterocycles. The summed E-state index contributed by atoms with van der Waals surface area (Å²) in [5.74, 6) is 0.938. The zero-order valence-corrected chi connectivity index (χ0v) is 14.3. The van der Waals surface area contributed by atoms with Crippen molar-refractivity contribution in [2.24, 2.45) is 4.99 Å². The van der Waals surface area contributed by atoms with Crippen LogP contribution < -0.4 is 10.6 Å². The molecule has 0 bridgehead atoms. The number of H-pyrrole nitrogens is 1. The molecular weight excluding hydrogens is 284 g/mol. The Balaban J connectivity index is 1.54. The number of rotatable bonds is 4. The van der Waals surface area contributed by atoms with Gasteiger partial charge in [-0.2, -0.15) is 0 Å². The minimum atomic E-state index is 0.589. The van der Waals surface area contributed by atoms with Gasteiger partial charge >= 0.3 is 0 Å². The highest BCUT2D eigenvalue weighted by atomic mass is 15.2. The molecule has 0 atom stereocenters. The van der Waals surface area contributed by atoms with E-state index in [1.165, 1.54) is 54.1 Å². The first-order valence-electron chi connectivity index (χ1n) is 8.80. The van der Waals surface area contributed by atoms with Crippen LogP contribution in [0.2, 0.25) is 0 Å². The van der Waals surface area contributed by atoms with Gasteiger partial charge in [-0.05, 0) is 37.3 Å². The lowest BCUT2D eigenvalue weighted by Crippen LogP contribution is -2.44. The van der Waals surface area contributed by atoms with E-state index in [1.807, 2.05) is 7.05 Å². The van der Waals surface area contributed by atoms with Gasteiger partial charge in [-0.3, -0.25) is 4.99 Å². The maximum atomic E-state index is 4.36. The number of nitrogens with zero attached hydrogens (tertiary/aromatic N) is 1. The van der Waals surface area contributed by atoms with Gasteiger partial charge in [-0.1, -0.05) is 37.5 Å². The Morgan fingerprint density at radius 3 is 2.87 bits per heavy atom. The summed E-state index contributed by atoms with van der Waals surface area (Å²) in [6.07, 6.45) is 9.72. The van der Waals surface area contributed by atoms with Crippen molar-refractivity contribution in [1.29, 1.82) is 0 Å². The van der Waals surface area contributed by atoms with Gasteiger partial charge in [0.05, 0.1) is 0 Å². The first-order valence-corrected chi connectivity index (χ1v) is 8.80. The Bertz CT molecular complexity index is 665. The Labute approximate surface area is 138 Å². The summed E-state index contributed by atoms with van der Waals surface area (Å²) in [5.41, 5.74) is 3.92. The molecule has 23 heavy (non-hydrogen) atoms. The lowest BCUT2D eigenvalue weighted by atomic mass is 9.96. The number of hydrogen-bond donors (Lipinski definition) is 3. The first kappa shape index (κ1) is 15.9. The Morgan fingerprint density at radius 1 is 1.26 bits per heavy atom. The zero-order valence-electron chi connectivity index (χ0n) is 14.3. The second kappa shape index (κ2) is 7.53. The van der Waals surface area contributed by atoms with E-state index in [-0.39, 0.29) is 0 Å². The van der Waals surface area contributed by atoms with Crippen LogP contribution in [0.5, 0.6) is 0 Å². The molecule has 0 saturated heterocycles. The topological polar surface area (TPSA) is 52.2 Å².